The molecule has 3 aromatic carbocycles. The van der Waals surface area contributed by atoms with Crippen molar-refractivity contribution < 1.29 is 14.8 Å². The topological polar surface area (TPSA) is 58.3 Å². The summed E-state index contributed by atoms with van der Waals surface area (Å²) in [4.78, 5) is 0. The van der Waals surface area contributed by atoms with Crippen LogP contribution < -0.4 is 10.4 Å². The van der Waals surface area contributed by atoms with Crippen molar-refractivity contribution in [1.29, 1.82) is 0 Å². The number of phenols is 1. The van der Waals surface area contributed by atoms with E-state index in [2.05, 4.69) is 28.9 Å². The van der Waals surface area contributed by atoms with Crippen LogP contribution in [0.2, 0.25) is 0 Å². The number of rotatable bonds is 3. The predicted octanol–water partition coefficient (Wildman–Crippen LogP) is 4.78. The molecule has 2 N–H and O–H groups in total. The molecule has 0 saturated heterocycles. The minimum Gasteiger partial charge on any atom is -0.872 e. The molecule has 3 aromatic rings. The first-order valence-corrected chi connectivity index (χ1v) is 12.0. The second-order valence-electron chi connectivity index (χ2n) is 9.09. The van der Waals surface area contributed by atoms with Gasteiger partial charge in [-0.2, -0.15) is 0 Å². The standard InChI is InChI=1S/C20H18O2.C9H16N2/c1-20(15-5-3-2-4-6-15,16-7-11-18(21)12-8-16)17-9-13-19(22)14-10-17;1-2-5-9-10-6-4-8-11(9)7-3-1/h2-14,21-22H,1H3;1-8H2. The summed E-state index contributed by atoms with van der Waals surface area (Å²) >= 11 is 0. The summed E-state index contributed by atoms with van der Waals surface area (Å²) in [5.74, 6) is 1.77. The van der Waals surface area contributed by atoms with Gasteiger partial charge in [0.2, 0.25) is 5.84 Å². The highest BCUT2D eigenvalue weighted by Crippen LogP contribution is 2.39. The molecule has 2 aliphatic heterocycles. The largest absolute Gasteiger partial charge is 0.872 e. The van der Waals surface area contributed by atoms with E-state index in [0.717, 1.165) is 16.7 Å². The first-order chi connectivity index (χ1) is 16.1. The van der Waals surface area contributed by atoms with Crippen LogP contribution in [-0.2, 0) is 5.41 Å². The molecule has 33 heavy (non-hydrogen) atoms. The lowest BCUT2D eigenvalue weighted by Crippen LogP contribution is -2.40. The van der Waals surface area contributed by atoms with E-state index in [0.29, 0.717) is 0 Å². The van der Waals surface area contributed by atoms with Crippen LogP contribution in [0.3, 0.4) is 0 Å². The zero-order valence-electron chi connectivity index (χ0n) is 19.5. The number of hydrogen-bond donors (Lipinski definition) is 2. The van der Waals surface area contributed by atoms with Crippen molar-refractivity contribution in [2.24, 2.45) is 0 Å². The van der Waals surface area contributed by atoms with Crippen LogP contribution in [0.4, 0.5) is 0 Å². The second kappa shape index (κ2) is 10.6. The zero-order chi connectivity index (χ0) is 23.1. The van der Waals surface area contributed by atoms with Crippen molar-refractivity contribution in [3.63, 3.8) is 0 Å². The van der Waals surface area contributed by atoms with Crippen LogP contribution in [0, 0.1) is 0 Å². The van der Waals surface area contributed by atoms with Gasteiger partial charge in [0.1, 0.15) is 5.75 Å². The number of aromatic hydroxyl groups is 1. The van der Waals surface area contributed by atoms with Crippen molar-refractivity contribution in [2.45, 2.75) is 44.4 Å². The summed E-state index contributed by atoms with van der Waals surface area (Å²) in [7, 11) is 0. The Morgan fingerprint density at radius 1 is 0.758 bits per heavy atom. The molecule has 0 amide bonds. The summed E-state index contributed by atoms with van der Waals surface area (Å²) in [6, 6.07) is 24.3. The van der Waals surface area contributed by atoms with Crippen LogP contribution in [0.1, 0.15) is 55.7 Å². The molecule has 0 fully saturated rings. The predicted molar refractivity (Wildman–Crippen MR) is 132 cm³/mol. The molecule has 1 atom stereocenters. The lowest BCUT2D eigenvalue weighted by atomic mass is 9.71. The lowest BCUT2D eigenvalue weighted by Gasteiger charge is -2.32. The number of amidine groups is 1. The third kappa shape index (κ3) is 5.39. The Morgan fingerprint density at radius 2 is 1.36 bits per heavy atom. The molecule has 2 aliphatic rings. The van der Waals surface area contributed by atoms with Gasteiger partial charge >= 0.3 is 0 Å². The fourth-order valence-electron chi connectivity index (χ4n) is 4.87. The molecule has 4 nitrogen and oxygen atoms in total. The average Bonchev–Trinajstić information content (AvgIpc) is 3.11. The SMILES string of the molecule is C1CCC2=[N+](CC1)CCCN2.CC(c1ccccc1)(c1ccc([O-])cc1)c1ccc(O)cc1. The van der Waals surface area contributed by atoms with E-state index in [1.807, 2.05) is 42.5 Å². The summed E-state index contributed by atoms with van der Waals surface area (Å²) in [6.45, 7) is 5.92. The molecule has 5 rings (SSSR count). The first-order valence-electron chi connectivity index (χ1n) is 12.0. The summed E-state index contributed by atoms with van der Waals surface area (Å²) in [6.07, 6.45) is 6.81. The molecule has 0 aromatic heterocycles. The molecular weight excluding hydrogens is 408 g/mol. The minimum absolute atomic E-state index is 0.00451. The molecule has 1 unspecified atom stereocenters. The zero-order valence-corrected chi connectivity index (χ0v) is 19.5. The van der Waals surface area contributed by atoms with Crippen molar-refractivity contribution in [3.05, 3.63) is 95.6 Å². The molecule has 0 spiro atoms. The van der Waals surface area contributed by atoms with E-state index in [4.69, 9.17) is 0 Å². The molecular formula is C29H34N2O2. The van der Waals surface area contributed by atoms with Gasteiger partial charge in [0.05, 0.1) is 19.6 Å². The van der Waals surface area contributed by atoms with Gasteiger partial charge in [0.25, 0.3) is 0 Å². The normalized spacial score (nSPS) is 17.5. The summed E-state index contributed by atoms with van der Waals surface area (Å²) < 4.78 is 2.54. The minimum atomic E-state index is -0.386. The second-order valence-corrected chi connectivity index (χ2v) is 9.09. The Bertz CT molecular complexity index is 994. The molecule has 0 bridgehead atoms. The lowest BCUT2D eigenvalue weighted by molar-refractivity contribution is -0.534. The van der Waals surface area contributed by atoms with Gasteiger partial charge in [-0.3, -0.25) is 9.89 Å². The van der Waals surface area contributed by atoms with E-state index < -0.39 is 0 Å². The monoisotopic (exact) mass is 442 g/mol. The average molecular weight is 443 g/mol. The quantitative estimate of drug-likeness (QED) is 0.453. The van der Waals surface area contributed by atoms with Crippen LogP contribution >= 0.6 is 0 Å². The van der Waals surface area contributed by atoms with Gasteiger partial charge in [0, 0.05) is 18.3 Å². The van der Waals surface area contributed by atoms with Crippen LogP contribution in [0.5, 0.6) is 11.5 Å². The third-order valence-electron chi connectivity index (χ3n) is 6.88. The van der Waals surface area contributed by atoms with Gasteiger partial charge in [-0.05, 0) is 55.0 Å². The van der Waals surface area contributed by atoms with Gasteiger partial charge in [-0.1, -0.05) is 66.7 Å². The number of nitrogens with one attached hydrogen (secondary N) is 1. The maximum atomic E-state index is 11.4. The highest BCUT2D eigenvalue weighted by molar-refractivity contribution is 5.77. The maximum absolute atomic E-state index is 11.4. The number of hydrogen-bond acceptors (Lipinski definition) is 3. The first kappa shape index (κ1) is 22.9. The van der Waals surface area contributed by atoms with Gasteiger partial charge in [0.15, 0.2) is 0 Å². The molecule has 0 aliphatic carbocycles. The number of phenolic OH excluding ortho intramolecular Hbond substituents is 1. The van der Waals surface area contributed by atoms with Gasteiger partial charge < -0.3 is 10.2 Å². The van der Waals surface area contributed by atoms with Crippen LogP contribution in [-0.4, -0.2) is 35.2 Å². The Balaban J connectivity index is 0.000000196. The van der Waals surface area contributed by atoms with E-state index in [9.17, 15) is 10.2 Å². The van der Waals surface area contributed by atoms with Crippen LogP contribution in [0.25, 0.3) is 0 Å². The molecule has 4 heteroatoms. The Labute approximate surface area is 197 Å². The van der Waals surface area contributed by atoms with Crippen molar-refractivity contribution >= 4 is 5.84 Å². The van der Waals surface area contributed by atoms with Gasteiger partial charge in [-0.15, -0.1) is 5.75 Å². The smallest absolute Gasteiger partial charge is 0.244 e. The molecule has 0 saturated carbocycles. The van der Waals surface area contributed by atoms with E-state index in [1.54, 1.807) is 24.3 Å². The Morgan fingerprint density at radius 3 is 2.06 bits per heavy atom. The Hall–Kier alpha value is -3.27. The van der Waals surface area contributed by atoms with E-state index in [-0.39, 0.29) is 16.9 Å². The van der Waals surface area contributed by atoms with Crippen molar-refractivity contribution in [3.8, 4) is 11.5 Å². The molecule has 2 heterocycles. The summed E-state index contributed by atoms with van der Waals surface area (Å²) in [5.41, 5.74) is 2.86. The highest BCUT2D eigenvalue weighted by Gasteiger charge is 2.30. The number of nitrogens with zero attached hydrogens (tertiary/aromatic N) is 1. The fourth-order valence-corrected chi connectivity index (χ4v) is 4.87. The van der Waals surface area contributed by atoms with Crippen molar-refractivity contribution in [2.75, 3.05) is 19.6 Å². The van der Waals surface area contributed by atoms with Gasteiger partial charge in [-0.25, -0.2) is 0 Å². The third-order valence-corrected chi connectivity index (χ3v) is 6.88. The van der Waals surface area contributed by atoms with E-state index >= 15 is 0 Å². The maximum Gasteiger partial charge on any atom is 0.244 e. The highest BCUT2D eigenvalue weighted by atomic mass is 16.3. The van der Waals surface area contributed by atoms with Crippen LogP contribution in [0.15, 0.2) is 78.9 Å². The molecule has 0 radical (unpaired) electrons. The van der Waals surface area contributed by atoms with E-state index in [1.165, 1.54) is 57.6 Å². The number of benzene rings is 3. The fraction of sp³-hybridized carbons (Fsp3) is 0.345. The summed E-state index contributed by atoms with van der Waals surface area (Å²) in [5, 5.41) is 24.5. The Kier molecular flexibility index (Phi) is 7.33. The molecule has 172 valence electrons. The van der Waals surface area contributed by atoms with Crippen molar-refractivity contribution in [1.82, 2.24) is 5.32 Å².